The smallest absolute Gasteiger partial charge is 0.308 e. The molecule has 7 heteroatoms. The fourth-order valence-corrected chi connectivity index (χ4v) is 4.43. The second-order valence-electron chi connectivity index (χ2n) is 7.24. The Morgan fingerprint density at radius 2 is 1.79 bits per heavy atom. The van der Waals surface area contributed by atoms with E-state index in [0.717, 1.165) is 17.7 Å². The molecule has 2 aromatic carbocycles. The third-order valence-corrected chi connectivity index (χ3v) is 6.01. The lowest BCUT2D eigenvalue weighted by molar-refractivity contribution is 0.0984. The Hall–Kier alpha value is -3.19. The number of rotatable bonds is 3. The highest BCUT2D eigenvalue weighted by Gasteiger charge is 2.33. The van der Waals surface area contributed by atoms with Crippen LogP contribution in [0.1, 0.15) is 33.4 Å². The Kier molecular flexibility index (Phi) is 5.07. The van der Waals surface area contributed by atoms with E-state index in [0.29, 0.717) is 21.4 Å². The molecule has 1 aliphatic rings. The lowest BCUT2D eigenvalue weighted by atomic mass is 10.1. The molecule has 1 unspecified atom stereocenters. The molecule has 2 N–H and O–H groups in total. The van der Waals surface area contributed by atoms with Crippen molar-refractivity contribution in [3.63, 3.8) is 0 Å². The van der Waals surface area contributed by atoms with Crippen LogP contribution in [0.2, 0.25) is 0 Å². The maximum absolute atomic E-state index is 13.2. The number of urea groups is 1. The van der Waals surface area contributed by atoms with Gasteiger partial charge in [0.2, 0.25) is 0 Å². The average molecular weight is 407 g/mol. The topological polar surface area (TPSA) is 74.3 Å². The van der Waals surface area contributed by atoms with Crippen molar-refractivity contribution < 1.29 is 9.59 Å². The largest absolute Gasteiger partial charge is 0.325 e. The van der Waals surface area contributed by atoms with Crippen LogP contribution in [0, 0.1) is 13.8 Å². The number of nitrogens with one attached hydrogen (secondary N) is 2. The standard InChI is InChI=1S/C22H22N4O2S/c1-13-8-10-17(11-9-13)24-21(28)25-22-23-15(3)19(29-22)20(27)26-14(2)12-16-6-4-5-7-18(16)26/h4-11,14H,12H2,1-3H3,(H2,23,24,25,28). The monoisotopic (exact) mass is 406 g/mol. The fourth-order valence-electron chi connectivity index (χ4n) is 3.53. The number of anilines is 3. The van der Waals surface area contributed by atoms with Crippen LogP contribution >= 0.6 is 11.3 Å². The Balaban J connectivity index is 1.50. The lowest BCUT2D eigenvalue weighted by Crippen LogP contribution is -2.35. The van der Waals surface area contributed by atoms with Crippen LogP contribution in [-0.2, 0) is 6.42 Å². The summed E-state index contributed by atoms with van der Waals surface area (Å²) < 4.78 is 0. The minimum absolute atomic E-state index is 0.0792. The summed E-state index contributed by atoms with van der Waals surface area (Å²) in [6, 6.07) is 15.2. The maximum Gasteiger partial charge on any atom is 0.325 e. The molecule has 1 aromatic heterocycles. The summed E-state index contributed by atoms with van der Waals surface area (Å²) in [5.41, 5.74) is 4.55. The number of amides is 3. The Labute approximate surface area is 173 Å². The van der Waals surface area contributed by atoms with Crippen molar-refractivity contribution in [3.05, 3.63) is 70.2 Å². The van der Waals surface area contributed by atoms with Gasteiger partial charge in [-0.15, -0.1) is 0 Å². The summed E-state index contributed by atoms with van der Waals surface area (Å²) in [7, 11) is 0. The van der Waals surface area contributed by atoms with Crippen LogP contribution in [0.5, 0.6) is 0 Å². The first-order valence-corrected chi connectivity index (χ1v) is 10.3. The van der Waals surface area contributed by atoms with Gasteiger partial charge in [0.25, 0.3) is 5.91 Å². The molecular weight excluding hydrogens is 384 g/mol. The van der Waals surface area contributed by atoms with Crippen molar-refractivity contribution in [2.75, 3.05) is 15.5 Å². The van der Waals surface area contributed by atoms with Gasteiger partial charge in [-0.2, -0.15) is 0 Å². The number of hydrogen-bond acceptors (Lipinski definition) is 4. The molecule has 2 heterocycles. The normalized spacial score (nSPS) is 15.1. The summed E-state index contributed by atoms with van der Waals surface area (Å²) in [6.45, 7) is 5.82. The van der Waals surface area contributed by atoms with Gasteiger partial charge in [-0.3, -0.25) is 10.1 Å². The Bertz CT molecular complexity index is 1070. The van der Waals surface area contributed by atoms with Crippen molar-refractivity contribution in [2.24, 2.45) is 0 Å². The molecule has 6 nitrogen and oxygen atoms in total. The van der Waals surface area contributed by atoms with Crippen molar-refractivity contribution in [2.45, 2.75) is 33.2 Å². The Morgan fingerprint density at radius 3 is 2.55 bits per heavy atom. The summed E-state index contributed by atoms with van der Waals surface area (Å²) in [5, 5.41) is 5.90. The van der Waals surface area contributed by atoms with Gasteiger partial charge in [0, 0.05) is 17.4 Å². The molecular formula is C22H22N4O2S. The second kappa shape index (κ2) is 7.67. The van der Waals surface area contributed by atoms with Crippen LogP contribution < -0.4 is 15.5 Å². The number of nitrogens with zero attached hydrogens (tertiary/aromatic N) is 2. The molecule has 148 valence electrons. The van der Waals surface area contributed by atoms with E-state index in [1.165, 1.54) is 16.9 Å². The lowest BCUT2D eigenvalue weighted by Gasteiger charge is -2.22. The van der Waals surface area contributed by atoms with Gasteiger partial charge in [0.15, 0.2) is 5.13 Å². The van der Waals surface area contributed by atoms with Gasteiger partial charge in [-0.1, -0.05) is 47.2 Å². The predicted molar refractivity (Wildman–Crippen MR) is 117 cm³/mol. The molecule has 0 saturated heterocycles. The van der Waals surface area contributed by atoms with E-state index in [2.05, 4.69) is 21.7 Å². The van der Waals surface area contributed by atoms with Crippen LogP contribution in [0.25, 0.3) is 0 Å². The van der Waals surface area contributed by atoms with Gasteiger partial charge < -0.3 is 10.2 Å². The van der Waals surface area contributed by atoms with Crippen molar-refractivity contribution in [3.8, 4) is 0 Å². The van der Waals surface area contributed by atoms with E-state index in [1.807, 2.05) is 61.2 Å². The molecule has 0 bridgehead atoms. The molecule has 0 saturated carbocycles. The van der Waals surface area contributed by atoms with E-state index in [9.17, 15) is 9.59 Å². The number of carbonyl (C=O) groups is 2. The SMILES string of the molecule is Cc1ccc(NC(=O)Nc2nc(C)c(C(=O)N3c4ccccc4CC3C)s2)cc1. The molecule has 0 spiro atoms. The predicted octanol–water partition coefficient (Wildman–Crippen LogP) is 5.00. The van der Waals surface area contributed by atoms with Gasteiger partial charge in [-0.05, 0) is 51.0 Å². The van der Waals surface area contributed by atoms with Crippen LogP contribution in [0.15, 0.2) is 48.5 Å². The van der Waals surface area contributed by atoms with E-state index < -0.39 is 0 Å². The zero-order valence-corrected chi connectivity index (χ0v) is 17.3. The maximum atomic E-state index is 13.2. The van der Waals surface area contributed by atoms with Gasteiger partial charge >= 0.3 is 6.03 Å². The fraction of sp³-hybridized carbons (Fsp3) is 0.227. The van der Waals surface area contributed by atoms with Crippen LogP contribution in [0.4, 0.5) is 21.3 Å². The quantitative estimate of drug-likeness (QED) is 0.643. The molecule has 0 radical (unpaired) electrons. The van der Waals surface area contributed by atoms with Crippen LogP contribution in [-0.4, -0.2) is 23.0 Å². The second-order valence-corrected chi connectivity index (χ2v) is 8.23. The molecule has 0 aliphatic carbocycles. The van der Waals surface area contributed by atoms with Crippen molar-refractivity contribution in [1.82, 2.24) is 4.98 Å². The molecule has 29 heavy (non-hydrogen) atoms. The van der Waals surface area contributed by atoms with E-state index in [1.54, 1.807) is 6.92 Å². The molecule has 3 amide bonds. The number of benzene rings is 2. The summed E-state index contributed by atoms with van der Waals surface area (Å²) in [6.07, 6.45) is 0.837. The zero-order valence-electron chi connectivity index (χ0n) is 16.5. The highest BCUT2D eigenvalue weighted by atomic mass is 32.1. The molecule has 3 aromatic rings. The first-order chi connectivity index (χ1) is 13.9. The third-order valence-electron chi connectivity index (χ3n) is 4.95. The number of carbonyl (C=O) groups excluding carboxylic acids is 2. The highest BCUT2D eigenvalue weighted by molar-refractivity contribution is 7.17. The number of aryl methyl sites for hydroxylation is 2. The summed E-state index contributed by atoms with van der Waals surface area (Å²) in [4.78, 5) is 32.3. The Morgan fingerprint density at radius 1 is 1.07 bits per heavy atom. The molecule has 1 atom stereocenters. The first-order valence-electron chi connectivity index (χ1n) is 9.46. The summed E-state index contributed by atoms with van der Waals surface area (Å²) in [5.74, 6) is -0.0792. The zero-order chi connectivity index (χ0) is 20.5. The third kappa shape index (κ3) is 3.86. The van der Waals surface area contributed by atoms with Gasteiger partial charge in [0.05, 0.1) is 5.69 Å². The van der Waals surface area contributed by atoms with E-state index in [-0.39, 0.29) is 18.0 Å². The number of hydrogen-bond donors (Lipinski definition) is 2. The number of para-hydroxylation sites is 1. The minimum Gasteiger partial charge on any atom is -0.308 e. The van der Waals surface area contributed by atoms with Gasteiger partial charge in [-0.25, -0.2) is 9.78 Å². The molecule has 4 rings (SSSR count). The summed E-state index contributed by atoms with van der Waals surface area (Å²) >= 11 is 1.20. The van der Waals surface area contributed by atoms with E-state index >= 15 is 0 Å². The van der Waals surface area contributed by atoms with Crippen molar-refractivity contribution in [1.29, 1.82) is 0 Å². The number of fused-ring (bicyclic) bond motifs is 1. The highest BCUT2D eigenvalue weighted by Crippen LogP contribution is 2.35. The van der Waals surface area contributed by atoms with E-state index in [4.69, 9.17) is 0 Å². The molecule has 0 fully saturated rings. The van der Waals surface area contributed by atoms with Crippen LogP contribution in [0.3, 0.4) is 0 Å². The minimum atomic E-state index is -0.388. The van der Waals surface area contributed by atoms with Crippen molar-refractivity contribution >= 4 is 39.8 Å². The average Bonchev–Trinajstić information content (AvgIpc) is 3.21. The number of thiazole rings is 1. The molecule has 1 aliphatic heterocycles. The van der Waals surface area contributed by atoms with Gasteiger partial charge in [0.1, 0.15) is 4.88 Å². The first kappa shape index (κ1) is 19.1. The number of aromatic nitrogens is 1.